The van der Waals surface area contributed by atoms with Crippen molar-refractivity contribution < 1.29 is 0 Å². The Hall–Kier alpha value is -0.120. The molecule has 84 valence electrons. The van der Waals surface area contributed by atoms with Gasteiger partial charge >= 0.3 is 0 Å². The Balaban J connectivity index is -0.000000131. The zero-order valence-electron chi connectivity index (χ0n) is 10.1. The lowest BCUT2D eigenvalue weighted by Crippen LogP contribution is -2.17. The molecule has 4 N–H and O–H groups in total. The molecule has 13 heavy (non-hydrogen) atoms. The van der Waals surface area contributed by atoms with Crippen molar-refractivity contribution in [1.82, 2.24) is 10.6 Å². The van der Waals surface area contributed by atoms with Crippen molar-refractivity contribution >= 4 is 0 Å². The van der Waals surface area contributed by atoms with Gasteiger partial charge in [-0.1, -0.05) is 27.2 Å². The van der Waals surface area contributed by atoms with E-state index in [-0.39, 0.29) is 0 Å². The summed E-state index contributed by atoms with van der Waals surface area (Å²) in [6.45, 7) is 9.00. The van der Waals surface area contributed by atoms with Crippen LogP contribution in [0.5, 0.6) is 0 Å². The van der Waals surface area contributed by atoms with Gasteiger partial charge in [0, 0.05) is 13.1 Å². The molecule has 0 saturated carbocycles. The highest BCUT2D eigenvalue weighted by Gasteiger charge is 1.73. The van der Waals surface area contributed by atoms with E-state index < -0.39 is 0 Å². The van der Waals surface area contributed by atoms with Gasteiger partial charge in [-0.2, -0.15) is 0 Å². The van der Waals surface area contributed by atoms with Gasteiger partial charge in [0.25, 0.3) is 0 Å². The maximum atomic E-state index is 5.08. The van der Waals surface area contributed by atoms with E-state index in [4.69, 9.17) is 5.73 Å². The lowest BCUT2D eigenvalue weighted by Gasteiger charge is -1.89. The fourth-order valence-corrected chi connectivity index (χ4v) is 0.498. The van der Waals surface area contributed by atoms with Gasteiger partial charge < -0.3 is 16.4 Å². The fourth-order valence-electron chi connectivity index (χ4n) is 0.498. The van der Waals surface area contributed by atoms with E-state index in [9.17, 15) is 0 Å². The van der Waals surface area contributed by atoms with Crippen LogP contribution in [0.2, 0.25) is 0 Å². The van der Waals surface area contributed by atoms with Crippen molar-refractivity contribution in [2.75, 3.05) is 33.7 Å². The molecule has 0 aliphatic rings. The number of likely N-dealkylation sites (N-methyl/N-ethyl adjacent to an activating group) is 1. The molecule has 0 unspecified atom stereocenters. The van der Waals surface area contributed by atoms with E-state index in [1.54, 1.807) is 0 Å². The molecule has 0 aromatic heterocycles. The minimum Gasteiger partial charge on any atom is -0.329 e. The quantitative estimate of drug-likeness (QED) is 0.572. The number of rotatable bonds is 5. The molecule has 0 fully saturated rings. The van der Waals surface area contributed by atoms with Crippen LogP contribution in [0.3, 0.4) is 0 Å². The van der Waals surface area contributed by atoms with Crippen LogP contribution in [0.15, 0.2) is 0 Å². The molecule has 0 radical (unpaired) electrons. The van der Waals surface area contributed by atoms with Crippen LogP contribution < -0.4 is 16.4 Å². The second-order valence-corrected chi connectivity index (χ2v) is 2.35. The average molecular weight is 191 g/mol. The van der Waals surface area contributed by atoms with Crippen LogP contribution in [0.25, 0.3) is 0 Å². The summed E-state index contributed by atoms with van der Waals surface area (Å²) in [4.78, 5) is 0. The first-order chi connectivity index (χ1) is 6.33. The lowest BCUT2D eigenvalue weighted by molar-refractivity contribution is 0.711. The van der Waals surface area contributed by atoms with Crippen LogP contribution in [0.1, 0.15) is 33.6 Å². The standard InChI is InChI=1S/C5H13N.C3H10N2.C2H6/c1-3-4-5-6-2;1-5-3-2-4;1-2/h6H,3-5H2,1-2H3;5H,2-4H2,1H3;1-2H3. The minimum atomic E-state index is 0.733. The van der Waals surface area contributed by atoms with Crippen LogP contribution in [-0.4, -0.2) is 33.7 Å². The van der Waals surface area contributed by atoms with E-state index in [2.05, 4.69) is 17.6 Å². The van der Waals surface area contributed by atoms with Gasteiger partial charge in [-0.25, -0.2) is 0 Å². The summed E-state index contributed by atoms with van der Waals surface area (Å²) < 4.78 is 0. The van der Waals surface area contributed by atoms with Gasteiger partial charge in [0.05, 0.1) is 0 Å². The summed E-state index contributed by atoms with van der Waals surface area (Å²) in [5.74, 6) is 0. The third-order valence-corrected chi connectivity index (χ3v) is 1.17. The van der Waals surface area contributed by atoms with Crippen LogP contribution >= 0.6 is 0 Å². The molecular formula is C10H29N3. The fraction of sp³-hybridized carbons (Fsp3) is 1.00. The normalized spacial score (nSPS) is 7.85. The Labute approximate surface area is 84.5 Å². The SMILES string of the molecule is CC.CCCCNC.CNCCN. The zero-order valence-corrected chi connectivity index (χ0v) is 10.1. The predicted molar refractivity (Wildman–Crippen MR) is 63.2 cm³/mol. The Kier molecular flexibility index (Phi) is 42.6. The molecule has 0 spiro atoms. The smallest absolute Gasteiger partial charge is 0.00714 e. The van der Waals surface area contributed by atoms with Gasteiger partial charge in [0.2, 0.25) is 0 Å². The molecule has 3 heteroatoms. The number of nitrogens with one attached hydrogen (secondary N) is 2. The van der Waals surface area contributed by atoms with Crippen LogP contribution in [-0.2, 0) is 0 Å². The van der Waals surface area contributed by atoms with Gasteiger partial charge in [-0.3, -0.25) is 0 Å². The van der Waals surface area contributed by atoms with E-state index in [0.717, 1.165) is 19.6 Å². The maximum absolute atomic E-state index is 5.08. The molecule has 0 heterocycles. The van der Waals surface area contributed by atoms with E-state index in [1.807, 2.05) is 27.9 Å². The molecule has 0 rings (SSSR count). The van der Waals surface area contributed by atoms with Crippen molar-refractivity contribution in [3.8, 4) is 0 Å². The summed E-state index contributed by atoms with van der Waals surface area (Å²) in [7, 11) is 3.86. The molecule has 0 saturated heterocycles. The van der Waals surface area contributed by atoms with Gasteiger partial charge in [0.1, 0.15) is 0 Å². The van der Waals surface area contributed by atoms with Crippen molar-refractivity contribution in [2.24, 2.45) is 5.73 Å². The molecule has 0 atom stereocenters. The van der Waals surface area contributed by atoms with Crippen molar-refractivity contribution in [3.05, 3.63) is 0 Å². The summed E-state index contributed by atoms with van der Waals surface area (Å²) in [6, 6.07) is 0. The third-order valence-electron chi connectivity index (χ3n) is 1.17. The largest absolute Gasteiger partial charge is 0.329 e. The highest BCUT2D eigenvalue weighted by molar-refractivity contribution is 4.35. The molecule has 0 bridgehead atoms. The zero-order chi connectivity index (χ0) is 10.9. The lowest BCUT2D eigenvalue weighted by atomic mass is 10.3. The highest BCUT2D eigenvalue weighted by atomic mass is 14.8. The molecule has 0 aromatic carbocycles. The highest BCUT2D eigenvalue weighted by Crippen LogP contribution is 1.79. The second kappa shape index (κ2) is 29.7. The summed E-state index contributed by atoms with van der Waals surface area (Å²) >= 11 is 0. The summed E-state index contributed by atoms with van der Waals surface area (Å²) in [5, 5.41) is 5.96. The Morgan fingerprint density at radius 1 is 1.00 bits per heavy atom. The average Bonchev–Trinajstić information content (AvgIpc) is 2.20. The first-order valence-corrected chi connectivity index (χ1v) is 5.32. The van der Waals surface area contributed by atoms with Crippen molar-refractivity contribution in [3.63, 3.8) is 0 Å². The Morgan fingerprint density at radius 2 is 1.46 bits per heavy atom. The third kappa shape index (κ3) is 48.7. The minimum absolute atomic E-state index is 0.733. The van der Waals surface area contributed by atoms with Crippen molar-refractivity contribution in [2.45, 2.75) is 33.6 Å². The number of hydrogen-bond acceptors (Lipinski definition) is 3. The van der Waals surface area contributed by atoms with E-state index in [0.29, 0.717) is 0 Å². The van der Waals surface area contributed by atoms with Crippen LogP contribution in [0, 0.1) is 0 Å². The van der Waals surface area contributed by atoms with Gasteiger partial charge in [0.15, 0.2) is 0 Å². The first-order valence-electron chi connectivity index (χ1n) is 5.32. The second-order valence-electron chi connectivity index (χ2n) is 2.35. The van der Waals surface area contributed by atoms with Crippen molar-refractivity contribution in [1.29, 1.82) is 0 Å². The Bertz CT molecular complexity index is 43.4. The van der Waals surface area contributed by atoms with E-state index >= 15 is 0 Å². The number of unbranched alkanes of at least 4 members (excludes halogenated alkanes) is 1. The number of nitrogens with two attached hydrogens (primary N) is 1. The van der Waals surface area contributed by atoms with Crippen LogP contribution in [0.4, 0.5) is 0 Å². The Morgan fingerprint density at radius 3 is 1.54 bits per heavy atom. The van der Waals surface area contributed by atoms with E-state index in [1.165, 1.54) is 12.8 Å². The molecule has 0 aliphatic carbocycles. The molecular weight excluding hydrogens is 162 g/mol. The molecule has 0 amide bonds. The first kappa shape index (κ1) is 18.6. The topological polar surface area (TPSA) is 50.1 Å². The summed E-state index contributed by atoms with van der Waals surface area (Å²) in [5.41, 5.74) is 5.08. The maximum Gasteiger partial charge on any atom is 0.00714 e. The monoisotopic (exact) mass is 191 g/mol. The molecule has 0 aliphatic heterocycles. The molecule has 0 aromatic rings. The van der Waals surface area contributed by atoms with Gasteiger partial charge in [-0.05, 0) is 27.1 Å². The molecule has 3 nitrogen and oxygen atoms in total. The predicted octanol–water partition coefficient (Wildman–Crippen LogP) is 1.20. The van der Waals surface area contributed by atoms with Gasteiger partial charge in [-0.15, -0.1) is 0 Å². The summed E-state index contributed by atoms with van der Waals surface area (Å²) in [6.07, 6.45) is 2.59. The number of hydrogen-bond donors (Lipinski definition) is 3.